The van der Waals surface area contributed by atoms with Crippen LogP contribution in [0.25, 0.3) is 0 Å². The first-order valence-corrected chi connectivity index (χ1v) is 11.6. The number of hydrogen-bond donors (Lipinski definition) is 1. The quantitative estimate of drug-likeness (QED) is 0.584. The van der Waals surface area contributed by atoms with Gasteiger partial charge in [0.2, 0.25) is 5.91 Å². The van der Waals surface area contributed by atoms with Crippen LogP contribution in [0.1, 0.15) is 24.5 Å². The molecule has 0 aromatic heterocycles. The number of amides is 2. The Morgan fingerprint density at radius 1 is 0.969 bits per heavy atom. The lowest BCUT2D eigenvalue weighted by Crippen LogP contribution is -2.48. The second kappa shape index (κ2) is 10.6. The summed E-state index contributed by atoms with van der Waals surface area (Å²) in [6, 6.07) is 7.57. The number of para-hydroxylation sites is 2. The minimum Gasteiger partial charge on any atom is -0.481 e. The van der Waals surface area contributed by atoms with E-state index in [-0.39, 0.29) is 24.2 Å². The molecule has 0 saturated carbocycles. The average Bonchev–Trinajstić information content (AvgIpc) is 2.81. The van der Waals surface area contributed by atoms with Crippen LogP contribution in [0, 0.1) is 13.8 Å². The third-order valence-electron chi connectivity index (χ3n) is 5.52. The highest BCUT2D eigenvalue weighted by Gasteiger charge is 2.23. The Bertz CT molecular complexity index is 992. The van der Waals surface area contributed by atoms with Crippen LogP contribution < -0.4 is 15.0 Å². The van der Waals surface area contributed by atoms with E-state index in [0.717, 1.165) is 5.69 Å². The first kappa shape index (κ1) is 24.5. The van der Waals surface area contributed by atoms with Gasteiger partial charge in [0.05, 0.1) is 21.4 Å². The van der Waals surface area contributed by atoms with E-state index < -0.39 is 0 Å². The van der Waals surface area contributed by atoms with E-state index in [4.69, 9.17) is 39.5 Å². The van der Waals surface area contributed by atoms with Gasteiger partial charge in [-0.3, -0.25) is 9.59 Å². The van der Waals surface area contributed by atoms with Gasteiger partial charge < -0.3 is 19.9 Å². The first-order valence-electron chi connectivity index (χ1n) is 10.4. The van der Waals surface area contributed by atoms with Gasteiger partial charge in [0, 0.05) is 37.6 Å². The van der Waals surface area contributed by atoms with Gasteiger partial charge in [0.15, 0.2) is 12.4 Å². The van der Waals surface area contributed by atoms with Crippen molar-refractivity contribution in [2.24, 2.45) is 0 Å². The molecular formula is C23H26Cl3N3O3. The molecule has 0 unspecified atom stereocenters. The molecule has 172 valence electrons. The first-order chi connectivity index (χ1) is 15.2. The summed E-state index contributed by atoms with van der Waals surface area (Å²) in [5, 5.41) is 3.96. The maximum Gasteiger partial charge on any atom is 0.262 e. The minimum atomic E-state index is -0.338. The van der Waals surface area contributed by atoms with Gasteiger partial charge in [0.1, 0.15) is 0 Å². The highest BCUT2D eigenvalue weighted by Crippen LogP contribution is 2.42. The summed E-state index contributed by atoms with van der Waals surface area (Å²) in [5.74, 6) is 0.0656. The number of hydrogen-bond acceptors (Lipinski definition) is 4. The molecule has 0 aliphatic carbocycles. The Kier molecular flexibility index (Phi) is 8.15. The Morgan fingerprint density at radius 3 is 2.16 bits per heavy atom. The number of halogens is 3. The van der Waals surface area contributed by atoms with E-state index in [0.29, 0.717) is 64.5 Å². The number of nitrogens with one attached hydrogen (secondary N) is 1. The number of anilines is 2. The second-order valence-corrected chi connectivity index (χ2v) is 8.73. The maximum absolute atomic E-state index is 12.6. The number of nitrogens with zero attached hydrogens (tertiary/aromatic N) is 2. The predicted molar refractivity (Wildman–Crippen MR) is 131 cm³/mol. The molecule has 1 aliphatic rings. The number of ether oxygens (including phenoxy) is 1. The van der Waals surface area contributed by atoms with Crippen molar-refractivity contribution < 1.29 is 14.3 Å². The second-order valence-electron chi connectivity index (χ2n) is 7.60. The van der Waals surface area contributed by atoms with Crippen molar-refractivity contribution in [2.75, 3.05) is 43.0 Å². The van der Waals surface area contributed by atoms with Crippen LogP contribution in [0.4, 0.5) is 11.4 Å². The number of carbonyl (C=O) groups is 2. The molecule has 2 aromatic carbocycles. The monoisotopic (exact) mass is 497 g/mol. The Labute approximate surface area is 203 Å². The van der Waals surface area contributed by atoms with Crippen LogP contribution in [0.15, 0.2) is 24.3 Å². The number of piperazine rings is 1. The molecule has 1 heterocycles. The number of rotatable bonds is 6. The van der Waals surface area contributed by atoms with E-state index in [9.17, 15) is 9.59 Å². The van der Waals surface area contributed by atoms with Crippen molar-refractivity contribution in [1.29, 1.82) is 0 Å². The zero-order chi connectivity index (χ0) is 23.4. The van der Waals surface area contributed by atoms with Crippen molar-refractivity contribution in [3.8, 4) is 5.75 Å². The summed E-state index contributed by atoms with van der Waals surface area (Å²) in [4.78, 5) is 28.6. The van der Waals surface area contributed by atoms with Crippen LogP contribution in [-0.4, -0.2) is 49.5 Å². The summed E-state index contributed by atoms with van der Waals surface area (Å²) < 4.78 is 5.66. The molecule has 6 nitrogen and oxygen atoms in total. The molecule has 0 bridgehead atoms. The van der Waals surface area contributed by atoms with Crippen LogP contribution in [0.2, 0.25) is 15.1 Å². The van der Waals surface area contributed by atoms with E-state index >= 15 is 0 Å². The van der Waals surface area contributed by atoms with Gasteiger partial charge in [-0.2, -0.15) is 0 Å². The molecule has 1 aliphatic heterocycles. The Balaban J connectivity index is 1.67. The van der Waals surface area contributed by atoms with Gasteiger partial charge in [-0.1, -0.05) is 53.9 Å². The van der Waals surface area contributed by atoms with Crippen molar-refractivity contribution in [1.82, 2.24) is 4.90 Å². The molecule has 2 aromatic rings. The summed E-state index contributed by atoms with van der Waals surface area (Å²) in [7, 11) is 0. The summed E-state index contributed by atoms with van der Waals surface area (Å²) in [6.45, 7) is 7.86. The van der Waals surface area contributed by atoms with Gasteiger partial charge in [-0.15, -0.1) is 0 Å². The standard InChI is InChI=1S/C23H26Cl3N3O3/c1-4-19(31)29-11-9-28(10-12-29)17-8-6-5-7-16(17)27-18(30)13-32-23-21(25)14(2)20(24)15(3)22(23)26/h5-8H,4,9-13H2,1-3H3,(H,27,30). The molecule has 32 heavy (non-hydrogen) atoms. The van der Waals surface area contributed by atoms with Crippen molar-refractivity contribution in [3.05, 3.63) is 50.5 Å². The topological polar surface area (TPSA) is 61.9 Å². The SMILES string of the molecule is CCC(=O)N1CCN(c2ccccc2NC(=O)COc2c(Cl)c(C)c(Cl)c(C)c2Cl)CC1. The van der Waals surface area contributed by atoms with Gasteiger partial charge in [0.25, 0.3) is 5.91 Å². The normalized spacial score (nSPS) is 13.8. The third kappa shape index (κ3) is 5.25. The minimum absolute atomic E-state index is 0.161. The van der Waals surface area contributed by atoms with Crippen LogP contribution in [0.3, 0.4) is 0 Å². The van der Waals surface area contributed by atoms with Crippen molar-refractivity contribution in [2.45, 2.75) is 27.2 Å². The zero-order valence-corrected chi connectivity index (χ0v) is 20.6. The van der Waals surface area contributed by atoms with E-state index in [1.165, 1.54) is 0 Å². The van der Waals surface area contributed by atoms with Crippen LogP contribution >= 0.6 is 34.8 Å². The molecule has 0 atom stereocenters. The van der Waals surface area contributed by atoms with Gasteiger partial charge in [-0.05, 0) is 37.1 Å². The van der Waals surface area contributed by atoms with Crippen LogP contribution in [0.5, 0.6) is 5.75 Å². The van der Waals surface area contributed by atoms with Crippen molar-refractivity contribution in [3.63, 3.8) is 0 Å². The lowest BCUT2D eigenvalue weighted by Gasteiger charge is -2.36. The van der Waals surface area contributed by atoms with Crippen molar-refractivity contribution >= 4 is 58.0 Å². The van der Waals surface area contributed by atoms with Gasteiger partial charge in [-0.25, -0.2) is 0 Å². The maximum atomic E-state index is 12.6. The summed E-state index contributed by atoms with van der Waals surface area (Å²) in [5.41, 5.74) is 2.88. The zero-order valence-electron chi connectivity index (χ0n) is 18.3. The third-order valence-corrected chi connectivity index (χ3v) is 6.99. The fraction of sp³-hybridized carbons (Fsp3) is 0.391. The van der Waals surface area contributed by atoms with Crippen LogP contribution in [-0.2, 0) is 9.59 Å². The smallest absolute Gasteiger partial charge is 0.262 e. The molecule has 3 rings (SSSR count). The molecule has 1 N–H and O–H groups in total. The van der Waals surface area contributed by atoms with E-state index in [1.54, 1.807) is 13.8 Å². The lowest BCUT2D eigenvalue weighted by molar-refractivity contribution is -0.131. The lowest BCUT2D eigenvalue weighted by atomic mass is 10.1. The average molecular weight is 499 g/mol. The molecule has 0 radical (unpaired) electrons. The summed E-state index contributed by atoms with van der Waals surface area (Å²) in [6.07, 6.45) is 0.507. The Morgan fingerprint density at radius 2 is 1.56 bits per heavy atom. The fourth-order valence-corrected chi connectivity index (χ4v) is 4.46. The Hall–Kier alpha value is -2.15. The predicted octanol–water partition coefficient (Wildman–Crippen LogP) is 5.34. The molecular weight excluding hydrogens is 473 g/mol. The number of carbonyl (C=O) groups excluding carboxylic acids is 2. The molecule has 0 spiro atoms. The molecule has 2 amide bonds. The number of benzene rings is 2. The molecule has 1 fully saturated rings. The van der Waals surface area contributed by atoms with E-state index in [2.05, 4.69) is 10.2 Å². The largest absolute Gasteiger partial charge is 0.481 e. The van der Waals surface area contributed by atoms with Gasteiger partial charge >= 0.3 is 0 Å². The highest BCUT2D eigenvalue weighted by molar-refractivity contribution is 6.42. The fourth-order valence-electron chi connectivity index (χ4n) is 3.64. The molecule has 9 heteroatoms. The molecule has 1 saturated heterocycles. The van der Waals surface area contributed by atoms with E-state index in [1.807, 2.05) is 36.1 Å². The highest BCUT2D eigenvalue weighted by atomic mass is 35.5. The summed E-state index contributed by atoms with van der Waals surface area (Å²) >= 11 is 18.9.